The molecular formula is C25H21ClN4O3S. The van der Waals surface area contributed by atoms with Crippen molar-refractivity contribution >= 4 is 40.4 Å². The summed E-state index contributed by atoms with van der Waals surface area (Å²) in [6.07, 6.45) is 2.23. The standard InChI is InChI=1S/C25H21ClN4O3S/c1-15-21(24(32)33-2)23(30-20(31)12-13-34-25(30)27-15)19-14-29(18-6-4-3-5-7-18)28-22(19)16-8-10-17(26)11-9-16/h3-11,14,23H,12-13H2,1-2H3/t23-/m0/s1. The van der Waals surface area contributed by atoms with Crippen LogP contribution in [0.2, 0.25) is 5.02 Å². The van der Waals surface area contributed by atoms with E-state index < -0.39 is 12.0 Å². The molecular weight excluding hydrogens is 472 g/mol. The third-order valence-corrected chi connectivity index (χ3v) is 6.99. The number of benzene rings is 2. The minimum Gasteiger partial charge on any atom is -0.466 e. The molecule has 1 aromatic heterocycles. The predicted octanol–water partition coefficient (Wildman–Crippen LogP) is 5.02. The summed E-state index contributed by atoms with van der Waals surface area (Å²) in [5.74, 6) is 0.0313. The molecule has 2 aliphatic heterocycles. The van der Waals surface area contributed by atoms with E-state index in [0.29, 0.717) is 44.9 Å². The van der Waals surface area contributed by atoms with Crippen molar-refractivity contribution in [3.05, 3.63) is 82.7 Å². The Hall–Kier alpha value is -3.36. The fourth-order valence-corrected chi connectivity index (χ4v) is 5.33. The zero-order valence-electron chi connectivity index (χ0n) is 18.6. The number of amides is 1. The molecule has 9 heteroatoms. The van der Waals surface area contributed by atoms with Crippen molar-refractivity contribution in [2.24, 2.45) is 4.99 Å². The van der Waals surface area contributed by atoms with Gasteiger partial charge in [0.05, 0.1) is 29.8 Å². The highest BCUT2D eigenvalue weighted by atomic mass is 35.5. The summed E-state index contributed by atoms with van der Waals surface area (Å²) >= 11 is 7.64. The number of thioether (sulfide) groups is 1. The monoisotopic (exact) mass is 492 g/mol. The number of nitrogens with zero attached hydrogens (tertiary/aromatic N) is 4. The summed E-state index contributed by atoms with van der Waals surface area (Å²) in [6.45, 7) is 1.77. The van der Waals surface area contributed by atoms with Gasteiger partial charge in [-0.2, -0.15) is 5.10 Å². The number of methoxy groups -OCH3 is 1. The molecule has 2 aromatic carbocycles. The van der Waals surface area contributed by atoms with Crippen LogP contribution in [0.25, 0.3) is 16.9 Å². The third kappa shape index (κ3) is 3.93. The van der Waals surface area contributed by atoms with Crippen LogP contribution >= 0.6 is 23.4 Å². The van der Waals surface area contributed by atoms with Crippen molar-refractivity contribution in [3.63, 3.8) is 0 Å². The topological polar surface area (TPSA) is 76.8 Å². The molecule has 0 radical (unpaired) electrons. The molecule has 1 fully saturated rings. The van der Waals surface area contributed by atoms with Gasteiger partial charge in [-0.15, -0.1) is 0 Å². The Morgan fingerprint density at radius 2 is 1.88 bits per heavy atom. The number of halogens is 1. The number of esters is 1. The van der Waals surface area contributed by atoms with Crippen molar-refractivity contribution in [3.8, 4) is 16.9 Å². The number of hydrogen-bond donors (Lipinski definition) is 0. The first-order chi connectivity index (χ1) is 16.5. The number of para-hydroxylation sites is 1. The van der Waals surface area contributed by atoms with E-state index in [9.17, 15) is 9.59 Å². The number of rotatable bonds is 4. The van der Waals surface area contributed by atoms with Crippen molar-refractivity contribution < 1.29 is 14.3 Å². The summed E-state index contributed by atoms with van der Waals surface area (Å²) in [7, 11) is 1.33. The highest BCUT2D eigenvalue weighted by molar-refractivity contribution is 8.14. The number of fused-ring (bicyclic) bond motifs is 1. The predicted molar refractivity (Wildman–Crippen MR) is 133 cm³/mol. The Kier molecular flexibility index (Phi) is 6.02. The van der Waals surface area contributed by atoms with E-state index in [2.05, 4.69) is 4.99 Å². The van der Waals surface area contributed by atoms with Crippen LogP contribution in [0.15, 0.2) is 77.1 Å². The number of carbonyl (C=O) groups excluding carboxylic acids is 2. The molecule has 3 heterocycles. The molecule has 5 rings (SSSR count). The number of amidine groups is 1. The van der Waals surface area contributed by atoms with Gasteiger partial charge in [0.15, 0.2) is 5.17 Å². The molecule has 172 valence electrons. The highest BCUT2D eigenvalue weighted by Crippen LogP contribution is 2.43. The minimum atomic E-state index is -0.719. The number of hydrogen-bond acceptors (Lipinski definition) is 6. The van der Waals surface area contributed by atoms with Gasteiger partial charge in [0, 0.05) is 34.5 Å². The summed E-state index contributed by atoms with van der Waals surface area (Å²) in [4.78, 5) is 32.3. The van der Waals surface area contributed by atoms with Gasteiger partial charge in [0.25, 0.3) is 0 Å². The Labute approximate surface area is 206 Å². The maximum atomic E-state index is 13.2. The van der Waals surface area contributed by atoms with E-state index in [1.165, 1.54) is 18.9 Å². The quantitative estimate of drug-likeness (QED) is 0.478. The van der Waals surface area contributed by atoms with Crippen LogP contribution in [0, 0.1) is 0 Å². The van der Waals surface area contributed by atoms with Crippen molar-refractivity contribution in [1.29, 1.82) is 0 Å². The number of ether oxygens (including phenoxy) is 1. The molecule has 0 N–H and O–H groups in total. The number of aliphatic imine (C=N–C) groups is 1. The van der Waals surface area contributed by atoms with Gasteiger partial charge in [0.2, 0.25) is 5.91 Å². The van der Waals surface area contributed by atoms with Crippen LogP contribution in [0.3, 0.4) is 0 Å². The van der Waals surface area contributed by atoms with Gasteiger partial charge < -0.3 is 4.74 Å². The van der Waals surface area contributed by atoms with E-state index >= 15 is 0 Å². The van der Waals surface area contributed by atoms with Crippen LogP contribution in [0.5, 0.6) is 0 Å². The number of aromatic nitrogens is 2. The minimum absolute atomic E-state index is 0.0917. The molecule has 0 saturated carbocycles. The van der Waals surface area contributed by atoms with Gasteiger partial charge in [-0.3, -0.25) is 9.69 Å². The van der Waals surface area contributed by atoms with E-state index in [1.54, 1.807) is 28.6 Å². The largest absolute Gasteiger partial charge is 0.466 e. The van der Waals surface area contributed by atoms with E-state index in [0.717, 1.165) is 11.3 Å². The molecule has 2 aliphatic rings. The molecule has 3 aromatic rings. The van der Waals surface area contributed by atoms with Crippen LogP contribution in [-0.2, 0) is 14.3 Å². The molecule has 0 aliphatic carbocycles. The first-order valence-corrected chi connectivity index (χ1v) is 12.1. The SMILES string of the molecule is COC(=O)C1=C(C)N=C2SCCC(=O)N2[C@H]1c1cn(-c2ccccc2)nc1-c1ccc(Cl)cc1. The Morgan fingerprint density at radius 1 is 1.15 bits per heavy atom. The second-order valence-electron chi connectivity index (χ2n) is 7.87. The fourth-order valence-electron chi connectivity index (χ4n) is 4.19. The van der Waals surface area contributed by atoms with Crippen molar-refractivity contribution in [2.45, 2.75) is 19.4 Å². The molecule has 1 atom stereocenters. The first kappa shape index (κ1) is 22.4. The fraction of sp³-hybridized carbons (Fsp3) is 0.200. The third-order valence-electron chi connectivity index (χ3n) is 5.79. The Bertz CT molecular complexity index is 1330. The summed E-state index contributed by atoms with van der Waals surface area (Å²) in [6, 6.07) is 16.3. The van der Waals surface area contributed by atoms with Gasteiger partial charge in [-0.05, 0) is 31.2 Å². The lowest BCUT2D eigenvalue weighted by molar-refractivity contribution is -0.137. The van der Waals surface area contributed by atoms with Crippen LogP contribution < -0.4 is 0 Å². The average Bonchev–Trinajstić information content (AvgIpc) is 3.29. The maximum Gasteiger partial charge on any atom is 0.338 e. The molecule has 0 unspecified atom stereocenters. The lowest BCUT2D eigenvalue weighted by Crippen LogP contribution is -2.45. The van der Waals surface area contributed by atoms with E-state index in [4.69, 9.17) is 21.4 Å². The molecule has 1 amide bonds. The van der Waals surface area contributed by atoms with Crippen LogP contribution in [0.1, 0.15) is 24.9 Å². The average molecular weight is 493 g/mol. The first-order valence-electron chi connectivity index (χ1n) is 10.7. The van der Waals surface area contributed by atoms with Gasteiger partial charge in [-0.25, -0.2) is 14.5 Å². The zero-order valence-corrected chi connectivity index (χ0v) is 20.1. The molecule has 0 spiro atoms. The lowest BCUT2D eigenvalue weighted by atomic mass is 9.92. The van der Waals surface area contributed by atoms with Crippen LogP contribution in [0.4, 0.5) is 0 Å². The number of carbonyl (C=O) groups is 2. The van der Waals surface area contributed by atoms with Crippen LogP contribution in [-0.4, -0.2) is 44.6 Å². The van der Waals surface area contributed by atoms with Gasteiger partial charge in [-0.1, -0.05) is 53.7 Å². The van der Waals surface area contributed by atoms with Gasteiger partial charge in [0.1, 0.15) is 6.04 Å². The van der Waals surface area contributed by atoms with Crippen molar-refractivity contribution in [2.75, 3.05) is 12.9 Å². The smallest absolute Gasteiger partial charge is 0.338 e. The summed E-state index contributed by atoms with van der Waals surface area (Å²) in [5.41, 5.74) is 3.87. The highest BCUT2D eigenvalue weighted by Gasteiger charge is 2.43. The van der Waals surface area contributed by atoms with E-state index in [1.807, 2.05) is 48.7 Å². The lowest BCUT2D eigenvalue weighted by Gasteiger charge is -2.38. The van der Waals surface area contributed by atoms with E-state index in [-0.39, 0.29) is 5.91 Å². The molecule has 34 heavy (non-hydrogen) atoms. The Morgan fingerprint density at radius 3 is 2.59 bits per heavy atom. The Balaban J connectivity index is 1.76. The summed E-state index contributed by atoms with van der Waals surface area (Å²) in [5, 5.41) is 6.07. The number of allylic oxidation sites excluding steroid dienone is 1. The molecule has 7 nitrogen and oxygen atoms in total. The molecule has 1 saturated heterocycles. The van der Waals surface area contributed by atoms with Crippen molar-refractivity contribution in [1.82, 2.24) is 14.7 Å². The molecule has 0 bridgehead atoms. The zero-order chi connectivity index (χ0) is 23.8. The summed E-state index contributed by atoms with van der Waals surface area (Å²) < 4.78 is 6.88. The normalized spacial score (nSPS) is 18.0. The maximum absolute atomic E-state index is 13.2. The van der Waals surface area contributed by atoms with Gasteiger partial charge >= 0.3 is 5.97 Å². The second-order valence-corrected chi connectivity index (χ2v) is 9.37. The second kappa shape index (κ2) is 9.12.